The number of sulfonamides is 1. The van der Waals surface area contributed by atoms with E-state index < -0.39 is 10.0 Å². The Morgan fingerprint density at radius 1 is 1.14 bits per heavy atom. The first-order valence-electron chi connectivity index (χ1n) is 9.65. The highest BCUT2D eigenvalue weighted by atomic mass is 32.2. The molecule has 10 heteroatoms. The lowest BCUT2D eigenvalue weighted by molar-refractivity contribution is -0.120. The van der Waals surface area contributed by atoms with Crippen molar-refractivity contribution in [1.82, 2.24) is 19.4 Å². The normalized spacial score (nSPS) is 20.4. The van der Waals surface area contributed by atoms with Gasteiger partial charge in [-0.15, -0.1) is 0 Å². The van der Waals surface area contributed by atoms with Crippen molar-refractivity contribution in [3.63, 3.8) is 0 Å². The lowest BCUT2D eigenvalue weighted by Crippen LogP contribution is -2.47. The zero-order chi connectivity index (χ0) is 20.4. The quantitative estimate of drug-likeness (QED) is 0.714. The molecular weight excluding hydrogens is 410 g/mol. The Morgan fingerprint density at radius 3 is 2.59 bits per heavy atom. The molecule has 1 fully saturated rings. The van der Waals surface area contributed by atoms with Crippen LogP contribution in [0.25, 0.3) is 0 Å². The number of thioether (sulfide) groups is 1. The Hall–Kier alpha value is -1.88. The van der Waals surface area contributed by atoms with Gasteiger partial charge in [0.05, 0.1) is 17.9 Å². The first-order chi connectivity index (χ1) is 13.9. The number of nitrogens with zero attached hydrogens (tertiary/aromatic N) is 4. The fraction of sp³-hybridized carbons (Fsp3) is 0.474. The Bertz CT molecular complexity index is 935. The number of piperazine rings is 1. The van der Waals surface area contributed by atoms with E-state index in [0.717, 1.165) is 42.6 Å². The highest BCUT2D eigenvalue weighted by Crippen LogP contribution is 2.30. The van der Waals surface area contributed by atoms with Crippen LogP contribution in [0.2, 0.25) is 0 Å². The van der Waals surface area contributed by atoms with Gasteiger partial charge in [-0.25, -0.2) is 8.42 Å². The average molecular weight is 436 g/mol. The van der Waals surface area contributed by atoms with Gasteiger partial charge >= 0.3 is 0 Å². The number of rotatable bonds is 6. The summed E-state index contributed by atoms with van der Waals surface area (Å²) in [5.74, 6) is -0.0564. The number of amides is 1. The summed E-state index contributed by atoms with van der Waals surface area (Å²) in [5, 5.41) is 5.87. The van der Waals surface area contributed by atoms with Crippen LogP contribution < -0.4 is 5.32 Å². The molecule has 0 spiro atoms. The number of carbonyl (C=O) groups is 1. The molecule has 0 radical (unpaired) electrons. The molecule has 0 saturated carbocycles. The molecule has 0 unspecified atom stereocenters. The SMILES string of the molecule is CN1CCN(S(=O)(=O)c2ccc(CNC(=O)CC3=CSC4=NCCN34)cc2)CC1. The molecule has 0 bridgehead atoms. The predicted molar refractivity (Wildman–Crippen MR) is 114 cm³/mol. The summed E-state index contributed by atoms with van der Waals surface area (Å²) < 4.78 is 27.1. The van der Waals surface area contributed by atoms with E-state index in [0.29, 0.717) is 31.0 Å². The van der Waals surface area contributed by atoms with E-state index in [-0.39, 0.29) is 5.91 Å². The molecule has 1 amide bonds. The molecule has 156 valence electrons. The van der Waals surface area contributed by atoms with Crippen LogP contribution in [-0.4, -0.2) is 79.9 Å². The lowest BCUT2D eigenvalue weighted by atomic mass is 10.2. The maximum Gasteiger partial charge on any atom is 0.243 e. The van der Waals surface area contributed by atoms with Gasteiger partial charge < -0.3 is 15.1 Å². The fourth-order valence-corrected chi connectivity index (χ4v) is 5.88. The molecular formula is C19H25N5O3S2. The number of likely N-dealkylation sites (N-methyl/N-ethyl adjacent to an activating group) is 1. The number of nitrogens with one attached hydrogen (secondary N) is 1. The van der Waals surface area contributed by atoms with Crippen molar-refractivity contribution in [1.29, 1.82) is 0 Å². The third kappa shape index (κ3) is 4.50. The molecule has 0 aromatic heterocycles. The Morgan fingerprint density at radius 2 is 1.86 bits per heavy atom. The van der Waals surface area contributed by atoms with Crippen LogP contribution in [-0.2, 0) is 21.4 Å². The van der Waals surface area contributed by atoms with Gasteiger partial charge in [-0.2, -0.15) is 4.31 Å². The first-order valence-corrected chi connectivity index (χ1v) is 12.0. The Labute approximate surface area is 175 Å². The van der Waals surface area contributed by atoms with Gasteiger partial charge in [0.15, 0.2) is 5.17 Å². The highest BCUT2D eigenvalue weighted by molar-refractivity contribution is 8.16. The highest BCUT2D eigenvalue weighted by Gasteiger charge is 2.28. The largest absolute Gasteiger partial charge is 0.352 e. The molecule has 0 atom stereocenters. The molecule has 29 heavy (non-hydrogen) atoms. The number of hydrogen-bond donors (Lipinski definition) is 1. The summed E-state index contributed by atoms with van der Waals surface area (Å²) in [4.78, 5) is 21.2. The smallest absolute Gasteiger partial charge is 0.243 e. The van der Waals surface area contributed by atoms with Gasteiger partial charge in [0.2, 0.25) is 15.9 Å². The molecule has 1 saturated heterocycles. The summed E-state index contributed by atoms with van der Waals surface area (Å²) in [6, 6.07) is 6.77. The second-order valence-electron chi connectivity index (χ2n) is 7.35. The summed E-state index contributed by atoms with van der Waals surface area (Å²) >= 11 is 1.56. The van der Waals surface area contributed by atoms with Crippen LogP contribution in [0.3, 0.4) is 0 Å². The summed E-state index contributed by atoms with van der Waals surface area (Å²) in [6.07, 6.45) is 0.321. The van der Waals surface area contributed by atoms with Gasteiger partial charge in [-0.05, 0) is 30.2 Å². The minimum Gasteiger partial charge on any atom is -0.352 e. The molecule has 8 nitrogen and oxygen atoms in total. The van der Waals surface area contributed by atoms with Crippen molar-refractivity contribution >= 4 is 32.9 Å². The summed E-state index contributed by atoms with van der Waals surface area (Å²) in [5.41, 5.74) is 1.85. The van der Waals surface area contributed by atoms with E-state index in [2.05, 4.69) is 20.1 Å². The lowest BCUT2D eigenvalue weighted by Gasteiger charge is -2.31. The van der Waals surface area contributed by atoms with Crippen molar-refractivity contribution in [2.24, 2.45) is 4.99 Å². The molecule has 3 heterocycles. The maximum atomic E-state index is 12.8. The molecule has 1 N–H and O–H groups in total. The van der Waals surface area contributed by atoms with Crippen molar-refractivity contribution in [3.8, 4) is 0 Å². The predicted octanol–water partition coefficient (Wildman–Crippen LogP) is 0.889. The molecule has 0 aliphatic carbocycles. The summed E-state index contributed by atoms with van der Waals surface area (Å²) in [6.45, 7) is 4.49. The van der Waals surface area contributed by atoms with Crippen LogP contribution in [0.1, 0.15) is 12.0 Å². The second kappa shape index (κ2) is 8.47. The van der Waals surface area contributed by atoms with Gasteiger partial charge in [0.25, 0.3) is 0 Å². The van der Waals surface area contributed by atoms with Crippen LogP contribution in [0.4, 0.5) is 0 Å². The van der Waals surface area contributed by atoms with E-state index in [1.807, 2.05) is 12.5 Å². The van der Waals surface area contributed by atoms with Gasteiger partial charge in [-0.1, -0.05) is 23.9 Å². The van der Waals surface area contributed by atoms with Crippen molar-refractivity contribution < 1.29 is 13.2 Å². The van der Waals surface area contributed by atoms with Gasteiger partial charge in [0.1, 0.15) is 0 Å². The third-order valence-electron chi connectivity index (χ3n) is 5.30. The van der Waals surface area contributed by atoms with Crippen molar-refractivity contribution in [2.45, 2.75) is 17.9 Å². The number of carbonyl (C=O) groups excluding carboxylic acids is 1. The minimum absolute atomic E-state index is 0.0564. The maximum absolute atomic E-state index is 12.8. The van der Waals surface area contributed by atoms with Gasteiger partial charge in [0, 0.05) is 45.0 Å². The number of fused-ring (bicyclic) bond motifs is 1. The molecule has 3 aliphatic heterocycles. The molecule has 1 aromatic rings. The average Bonchev–Trinajstić information content (AvgIpc) is 3.32. The number of hydrogen-bond acceptors (Lipinski definition) is 7. The van der Waals surface area contributed by atoms with E-state index in [4.69, 9.17) is 0 Å². The van der Waals surface area contributed by atoms with Crippen LogP contribution >= 0.6 is 11.8 Å². The van der Waals surface area contributed by atoms with Crippen molar-refractivity contribution in [3.05, 3.63) is 40.9 Å². The third-order valence-corrected chi connectivity index (χ3v) is 8.17. The second-order valence-corrected chi connectivity index (χ2v) is 10.1. The molecule has 1 aromatic carbocycles. The van der Waals surface area contributed by atoms with Gasteiger partial charge in [-0.3, -0.25) is 9.79 Å². The number of benzene rings is 1. The molecule has 4 rings (SSSR count). The first kappa shape index (κ1) is 20.4. The van der Waals surface area contributed by atoms with Crippen LogP contribution in [0.15, 0.2) is 45.3 Å². The van der Waals surface area contributed by atoms with E-state index >= 15 is 0 Å². The molecule has 3 aliphatic rings. The van der Waals surface area contributed by atoms with Crippen LogP contribution in [0, 0.1) is 0 Å². The topological polar surface area (TPSA) is 85.3 Å². The van der Waals surface area contributed by atoms with E-state index in [1.54, 1.807) is 36.0 Å². The zero-order valence-electron chi connectivity index (χ0n) is 16.4. The number of aliphatic imine (C=N–C) groups is 1. The Kier molecular flexibility index (Phi) is 5.95. The van der Waals surface area contributed by atoms with E-state index in [9.17, 15) is 13.2 Å². The standard InChI is InChI=1S/C19H25N5O3S2/c1-22-8-10-23(11-9-22)29(26,27)17-4-2-15(3-5-17)13-21-18(25)12-16-14-28-19-20-6-7-24(16)19/h2-5,14H,6-13H2,1H3,(H,21,25). The van der Waals surface area contributed by atoms with Crippen LogP contribution in [0.5, 0.6) is 0 Å². The zero-order valence-corrected chi connectivity index (χ0v) is 18.0. The summed E-state index contributed by atoms with van der Waals surface area (Å²) in [7, 11) is -1.47. The van der Waals surface area contributed by atoms with E-state index in [1.165, 1.54) is 4.31 Å². The Balaban J connectivity index is 1.30. The minimum atomic E-state index is -3.46. The van der Waals surface area contributed by atoms with Crippen molar-refractivity contribution in [2.75, 3.05) is 46.3 Å². The fourth-order valence-electron chi connectivity index (χ4n) is 3.50. The number of amidine groups is 1. The monoisotopic (exact) mass is 435 g/mol.